The first-order valence-electron chi connectivity index (χ1n) is 24.6. The van der Waals surface area contributed by atoms with E-state index in [4.69, 9.17) is 10.5 Å². The minimum atomic E-state index is -0.746. The standard InChI is InChI=1S/C54H75N3O7/c1-30(21-42(61)49-53(6,64-49)38-14-9-13-37(38)33-11-8-12-35(55)24-33)45-39-16-17-44-52(5)40-15-10-18-50(3,48(63)46(40)34-22-32(29-56-7)23-36(60)25-34)47(52)41(57-28-31(2)59)26-54(44,19-20-58)51(39,4)27-43(45)62/h8,10-12,15,22-25,30-31,37-38,40-42,44,46-47,49,56-61H,9,13-14,16-21,26-29,55H2,1-7H3. The lowest BCUT2D eigenvalue weighted by Crippen LogP contribution is -2.72. The minimum absolute atomic E-state index is 0.0313. The van der Waals surface area contributed by atoms with Crippen molar-refractivity contribution < 1.29 is 34.8 Å². The number of ketones is 2. The molecule has 0 aromatic heterocycles. The maximum Gasteiger partial charge on any atom is 0.159 e. The van der Waals surface area contributed by atoms with Crippen LogP contribution in [0.15, 0.2) is 65.8 Å². The van der Waals surface area contributed by atoms with Gasteiger partial charge < -0.3 is 41.5 Å². The zero-order valence-electron chi connectivity index (χ0n) is 39.3. The predicted molar refractivity (Wildman–Crippen MR) is 249 cm³/mol. The Hall–Kier alpha value is -3.38. The first-order valence-corrected chi connectivity index (χ1v) is 24.6. The summed E-state index contributed by atoms with van der Waals surface area (Å²) in [5.41, 5.74) is 9.28. The summed E-state index contributed by atoms with van der Waals surface area (Å²) in [6.07, 6.45) is 10.2. The number of benzene rings is 2. The highest BCUT2D eigenvalue weighted by Gasteiger charge is 2.75. The first-order chi connectivity index (χ1) is 30.4. The molecule has 10 heteroatoms. The van der Waals surface area contributed by atoms with Gasteiger partial charge in [0.15, 0.2) is 5.78 Å². The van der Waals surface area contributed by atoms with E-state index in [9.17, 15) is 25.2 Å². The average molecular weight is 878 g/mol. The van der Waals surface area contributed by atoms with Crippen molar-refractivity contribution in [2.24, 2.45) is 51.2 Å². The van der Waals surface area contributed by atoms with Crippen molar-refractivity contribution in [3.05, 3.63) is 82.5 Å². The number of aromatic hydroxyl groups is 1. The summed E-state index contributed by atoms with van der Waals surface area (Å²) in [5.74, 6) is 0.195. The summed E-state index contributed by atoms with van der Waals surface area (Å²) in [5, 5.41) is 52.1. The molecule has 8 aliphatic rings. The van der Waals surface area contributed by atoms with E-state index in [1.807, 2.05) is 19.2 Å². The van der Waals surface area contributed by atoms with E-state index in [0.717, 1.165) is 54.5 Å². The lowest BCUT2D eigenvalue weighted by molar-refractivity contribution is -0.215. The monoisotopic (exact) mass is 878 g/mol. The van der Waals surface area contributed by atoms with Crippen molar-refractivity contribution in [3.63, 3.8) is 0 Å². The molecule has 0 amide bonds. The van der Waals surface area contributed by atoms with E-state index in [1.165, 1.54) is 11.1 Å². The largest absolute Gasteiger partial charge is 0.508 e. The molecule has 7 aliphatic carbocycles. The van der Waals surface area contributed by atoms with Crippen molar-refractivity contribution >= 4 is 17.3 Å². The van der Waals surface area contributed by atoms with Crippen LogP contribution in [0.2, 0.25) is 0 Å². The van der Waals surface area contributed by atoms with Crippen molar-refractivity contribution in [3.8, 4) is 5.75 Å². The van der Waals surface area contributed by atoms with Gasteiger partial charge in [-0.05, 0) is 165 Å². The molecule has 0 spiro atoms. The third-order valence-corrected chi connectivity index (χ3v) is 19.0. The number of aliphatic hydroxyl groups is 3. The topological polar surface area (TPSA) is 178 Å². The second-order valence-electron chi connectivity index (χ2n) is 22.6. The van der Waals surface area contributed by atoms with E-state index >= 15 is 4.79 Å². The molecule has 2 bridgehead atoms. The van der Waals surface area contributed by atoms with Crippen LogP contribution in [0.5, 0.6) is 5.75 Å². The van der Waals surface area contributed by atoms with Crippen LogP contribution in [0.4, 0.5) is 5.69 Å². The van der Waals surface area contributed by atoms with Gasteiger partial charge in [0.05, 0.1) is 23.7 Å². The number of anilines is 1. The van der Waals surface area contributed by atoms with Crippen molar-refractivity contribution in [1.82, 2.24) is 10.6 Å². The van der Waals surface area contributed by atoms with Gasteiger partial charge in [-0.1, -0.05) is 70.0 Å². The van der Waals surface area contributed by atoms with Crippen LogP contribution >= 0.6 is 0 Å². The third kappa shape index (κ3) is 6.85. The van der Waals surface area contributed by atoms with Crippen LogP contribution in [-0.4, -0.2) is 82.1 Å². The van der Waals surface area contributed by atoms with Crippen LogP contribution in [0.3, 0.4) is 0 Å². The molecule has 16 atom stereocenters. The number of nitrogen functional groups attached to an aromatic ring is 1. The van der Waals surface area contributed by atoms with Gasteiger partial charge in [0.25, 0.3) is 0 Å². The van der Waals surface area contributed by atoms with E-state index < -0.39 is 45.4 Å². The molecule has 8 N–H and O–H groups in total. The quantitative estimate of drug-likeness (QED) is 0.0572. The lowest BCUT2D eigenvalue weighted by Gasteiger charge is -2.72. The summed E-state index contributed by atoms with van der Waals surface area (Å²) >= 11 is 0. The Morgan fingerprint density at radius 1 is 1.00 bits per heavy atom. The van der Waals surface area contributed by atoms with Crippen molar-refractivity contribution in [2.75, 3.05) is 25.9 Å². The maximum absolute atomic E-state index is 15.4. The number of ether oxygens (including phenoxy) is 1. The van der Waals surface area contributed by atoms with Gasteiger partial charge >= 0.3 is 0 Å². The maximum atomic E-state index is 15.4. The number of nitrogens with two attached hydrogens (primary N) is 1. The number of hydrogen-bond donors (Lipinski definition) is 7. The Labute approximate surface area is 380 Å². The lowest BCUT2D eigenvalue weighted by atomic mass is 9.31. The molecule has 1 heterocycles. The molecule has 64 heavy (non-hydrogen) atoms. The predicted octanol–water partition coefficient (Wildman–Crippen LogP) is 7.49. The Morgan fingerprint density at radius 3 is 2.50 bits per heavy atom. The summed E-state index contributed by atoms with van der Waals surface area (Å²) in [7, 11) is 1.88. The van der Waals surface area contributed by atoms with Gasteiger partial charge in [-0.2, -0.15) is 0 Å². The van der Waals surface area contributed by atoms with Gasteiger partial charge in [0.1, 0.15) is 17.6 Å². The number of nitrogens with one attached hydrogen (secondary N) is 2. The van der Waals surface area contributed by atoms with Crippen LogP contribution < -0.4 is 16.4 Å². The number of rotatable bonds is 14. The van der Waals surface area contributed by atoms with E-state index in [1.54, 1.807) is 19.1 Å². The van der Waals surface area contributed by atoms with Crippen LogP contribution in [0.1, 0.15) is 134 Å². The highest BCUT2D eigenvalue weighted by molar-refractivity contribution is 6.01. The molecule has 4 saturated carbocycles. The SMILES string of the molecule is CNCc1cc(O)cc(C2C(=O)C3(C)CC=CC2C2(C)C3C(NCC(C)O)CC3(CCO)C2CCC2=C(C(C)CC(O)C4OC4(C)C4CCCC4c4cccc(N)c4)C(=O)CC23C)c1. The smallest absolute Gasteiger partial charge is 0.159 e. The molecule has 2 aromatic rings. The normalized spacial score (nSPS) is 41.3. The second kappa shape index (κ2) is 16.4. The summed E-state index contributed by atoms with van der Waals surface area (Å²) in [6.45, 7) is 13.8. The zero-order valence-corrected chi connectivity index (χ0v) is 39.3. The number of hydrogen-bond acceptors (Lipinski definition) is 10. The molecular formula is C54H75N3O7. The van der Waals surface area contributed by atoms with Gasteiger partial charge in [-0.15, -0.1) is 0 Å². The molecule has 1 aliphatic heterocycles. The Morgan fingerprint density at radius 2 is 1.78 bits per heavy atom. The number of fused-ring (bicyclic) bond motifs is 5. The number of carbonyl (C=O) groups is 2. The fourth-order valence-corrected chi connectivity index (χ4v) is 16.7. The zero-order chi connectivity index (χ0) is 45.7. The number of allylic oxidation sites excluding steroid dienone is 4. The van der Waals surface area contributed by atoms with E-state index in [-0.39, 0.29) is 65.7 Å². The molecule has 0 radical (unpaired) electrons. The first kappa shape index (κ1) is 45.8. The van der Waals surface area contributed by atoms with Gasteiger partial charge in [0.2, 0.25) is 0 Å². The fourth-order valence-electron chi connectivity index (χ4n) is 16.7. The molecule has 5 fully saturated rings. The number of aliphatic hydroxyl groups excluding tert-OH is 3. The number of epoxide rings is 1. The summed E-state index contributed by atoms with van der Waals surface area (Å²) in [4.78, 5) is 30.2. The number of carbonyl (C=O) groups excluding carboxylic acids is 2. The highest BCUT2D eigenvalue weighted by Crippen LogP contribution is 2.78. The van der Waals surface area contributed by atoms with Crippen molar-refractivity contribution in [1.29, 1.82) is 0 Å². The second-order valence-corrected chi connectivity index (χ2v) is 22.6. The Kier molecular flexibility index (Phi) is 11.8. The van der Waals surface area contributed by atoms with E-state index in [0.29, 0.717) is 51.1 Å². The molecule has 2 aromatic carbocycles. The molecule has 10 nitrogen and oxygen atoms in total. The fraction of sp³-hybridized carbons (Fsp3) is 0.667. The Bertz CT molecular complexity index is 2220. The van der Waals surface area contributed by atoms with Gasteiger partial charge in [0, 0.05) is 48.7 Å². The van der Waals surface area contributed by atoms with Crippen molar-refractivity contribution in [2.45, 2.75) is 154 Å². The van der Waals surface area contributed by atoms with E-state index in [2.05, 4.69) is 75.6 Å². The molecule has 10 rings (SSSR count). The Balaban J connectivity index is 1.08. The minimum Gasteiger partial charge on any atom is -0.508 e. The highest BCUT2D eigenvalue weighted by atomic mass is 16.6. The van der Waals surface area contributed by atoms with Gasteiger partial charge in [-0.3, -0.25) is 9.59 Å². The molecular weight excluding hydrogens is 803 g/mol. The van der Waals surface area contributed by atoms with Gasteiger partial charge in [-0.25, -0.2) is 0 Å². The number of phenolic OH excluding ortho intramolecular Hbond substituents is 1. The number of Topliss-reactive ketones (excluding diaryl/α,β-unsaturated/α-hetero) is 2. The van der Waals surface area contributed by atoms with Crippen LogP contribution in [-0.2, 0) is 20.9 Å². The third-order valence-electron chi connectivity index (χ3n) is 19.0. The molecule has 348 valence electrons. The molecule has 1 saturated heterocycles. The summed E-state index contributed by atoms with van der Waals surface area (Å²) < 4.78 is 6.52. The average Bonchev–Trinajstić information content (AvgIpc) is 3.61. The molecule has 16 unspecified atom stereocenters. The van der Waals surface area contributed by atoms with Crippen LogP contribution in [0, 0.1) is 51.2 Å². The summed E-state index contributed by atoms with van der Waals surface area (Å²) in [6, 6.07) is 13.7. The number of phenols is 1. The van der Waals surface area contributed by atoms with Crippen LogP contribution in [0.25, 0.3) is 0 Å².